The average molecular weight is 477 g/mol. The van der Waals surface area contributed by atoms with E-state index in [0.29, 0.717) is 16.7 Å². The number of hydrogen-bond donors (Lipinski definition) is 0. The van der Waals surface area contributed by atoms with Gasteiger partial charge in [-0.2, -0.15) is 13.2 Å². The fourth-order valence-corrected chi connectivity index (χ4v) is 4.59. The SMILES string of the molecule is Cc1ccc(-n2c(SCC(=O)N(CC(F)(F)F)C(C)C3CC3)nc3ccccc3c2=O)nc1. The second-order valence-electron chi connectivity index (χ2n) is 8.25. The molecule has 3 aromatic rings. The van der Waals surface area contributed by atoms with Crippen LogP contribution in [0.25, 0.3) is 16.7 Å². The third-order valence-corrected chi connectivity index (χ3v) is 6.58. The van der Waals surface area contributed by atoms with Crippen LogP contribution < -0.4 is 5.56 Å². The molecule has 2 heterocycles. The number of hydrogen-bond acceptors (Lipinski definition) is 5. The van der Waals surface area contributed by atoms with E-state index in [-0.39, 0.29) is 22.4 Å². The van der Waals surface area contributed by atoms with Gasteiger partial charge in [-0.15, -0.1) is 0 Å². The number of alkyl halides is 3. The van der Waals surface area contributed by atoms with Gasteiger partial charge in [0.25, 0.3) is 5.56 Å². The normalized spacial score (nSPS) is 14.9. The predicted octanol–water partition coefficient (Wildman–Crippen LogP) is 4.37. The molecule has 2 aromatic heterocycles. The highest BCUT2D eigenvalue weighted by atomic mass is 32.2. The van der Waals surface area contributed by atoms with Crippen LogP contribution in [0.5, 0.6) is 0 Å². The lowest BCUT2D eigenvalue weighted by Gasteiger charge is -2.30. The van der Waals surface area contributed by atoms with Gasteiger partial charge in [0.2, 0.25) is 5.91 Å². The Hall–Kier alpha value is -2.88. The summed E-state index contributed by atoms with van der Waals surface area (Å²) in [7, 11) is 0. The highest BCUT2D eigenvalue weighted by molar-refractivity contribution is 7.99. The Morgan fingerprint density at radius 2 is 1.97 bits per heavy atom. The fraction of sp³-hybridized carbons (Fsp3) is 0.391. The molecule has 1 saturated carbocycles. The van der Waals surface area contributed by atoms with Gasteiger partial charge in [0.05, 0.1) is 16.7 Å². The van der Waals surface area contributed by atoms with Crippen molar-refractivity contribution in [1.29, 1.82) is 0 Å². The molecule has 0 spiro atoms. The first-order valence-corrected chi connectivity index (χ1v) is 11.6. The monoisotopic (exact) mass is 476 g/mol. The molecule has 0 saturated heterocycles. The standard InChI is InChI=1S/C23H23F3N4O2S/c1-14-7-10-19(27-11-14)30-21(32)17-5-3-4-6-18(17)28-22(30)33-12-20(31)29(13-23(24,25)26)15(2)16-8-9-16/h3-7,10-11,15-16H,8-9,12-13H2,1-2H3. The van der Waals surface area contributed by atoms with Gasteiger partial charge in [0.1, 0.15) is 12.4 Å². The Bertz CT molecular complexity index is 1220. The second-order valence-corrected chi connectivity index (χ2v) is 9.19. The molecule has 1 fully saturated rings. The molecule has 1 aliphatic carbocycles. The van der Waals surface area contributed by atoms with Crippen LogP contribution in [0.3, 0.4) is 0 Å². The predicted molar refractivity (Wildman–Crippen MR) is 121 cm³/mol. The van der Waals surface area contributed by atoms with Gasteiger partial charge >= 0.3 is 6.18 Å². The van der Waals surface area contributed by atoms with Crippen LogP contribution in [-0.4, -0.2) is 49.9 Å². The zero-order valence-corrected chi connectivity index (χ0v) is 19.0. The Labute approximate surface area is 192 Å². The van der Waals surface area contributed by atoms with E-state index >= 15 is 0 Å². The third kappa shape index (κ3) is 5.38. The van der Waals surface area contributed by atoms with Gasteiger partial charge in [-0.3, -0.25) is 9.59 Å². The number of halogens is 3. The Morgan fingerprint density at radius 3 is 2.61 bits per heavy atom. The van der Waals surface area contributed by atoms with Crippen LogP contribution in [0, 0.1) is 12.8 Å². The maximum Gasteiger partial charge on any atom is 0.406 e. The summed E-state index contributed by atoms with van der Waals surface area (Å²) in [5.74, 6) is -0.487. The van der Waals surface area contributed by atoms with E-state index in [2.05, 4.69) is 9.97 Å². The van der Waals surface area contributed by atoms with Crippen LogP contribution in [-0.2, 0) is 4.79 Å². The number of aryl methyl sites for hydroxylation is 1. The number of para-hydroxylation sites is 1. The molecule has 0 bridgehead atoms. The number of rotatable bonds is 7. The Balaban J connectivity index is 1.67. The molecule has 1 aliphatic rings. The maximum absolute atomic E-state index is 13.2. The first-order chi connectivity index (χ1) is 15.6. The minimum absolute atomic E-state index is 0.0926. The molecule has 174 valence electrons. The minimum atomic E-state index is -4.49. The van der Waals surface area contributed by atoms with Crippen molar-refractivity contribution in [3.8, 4) is 5.82 Å². The van der Waals surface area contributed by atoms with Gasteiger partial charge < -0.3 is 4.90 Å². The van der Waals surface area contributed by atoms with Gasteiger partial charge in [0.15, 0.2) is 5.16 Å². The smallest absolute Gasteiger partial charge is 0.330 e. The number of carbonyl (C=O) groups excluding carboxylic acids is 1. The summed E-state index contributed by atoms with van der Waals surface area (Å²) in [4.78, 5) is 35.9. The zero-order chi connectivity index (χ0) is 23.8. The highest BCUT2D eigenvalue weighted by Gasteiger charge is 2.40. The number of nitrogens with zero attached hydrogens (tertiary/aromatic N) is 4. The lowest BCUT2D eigenvalue weighted by molar-refractivity contribution is -0.164. The number of amides is 1. The van der Waals surface area contributed by atoms with E-state index in [0.717, 1.165) is 35.1 Å². The lowest BCUT2D eigenvalue weighted by atomic mass is 10.2. The van der Waals surface area contributed by atoms with E-state index in [4.69, 9.17) is 0 Å². The van der Waals surface area contributed by atoms with Crippen molar-refractivity contribution >= 4 is 28.6 Å². The Kier molecular flexibility index (Phi) is 6.47. The lowest BCUT2D eigenvalue weighted by Crippen LogP contribution is -2.46. The average Bonchev–Trinajstić information content (AvgIpc) is 3.61. The highest BCUT2D eigenvalue weighted by Crippen LogP contribution is 2.36. The topological polar surface area (TPSA) is 68.1 Å². The van der Waals surface area contributed by atoms with Crippen LogP contribution in [0.2, 0.25) is 0 Å². The number of fused-ring (bicyclic) bond motifs is 1. The molecule has 0 N–H and O–H groups in total. The van der Waals surface area contributed by atoms with E-state index in [1.165, 1.54) is 4.57 Å². The summed E-state index contributed by atoms with van der Waals surface area (Å²) in [5, 5.41) is 0.589. The summed E-state index contributed by atoms with van der Waals surface area (Å²) in [6, 6.07) is 9.77. The molecule has 6 nitrogen and oxygen atoms in total. The quantitative estimate of drug-likeness (QED) is 0.374. The first-order valence-electron chi connectivity index (χ1n) is 10.6. The van der Waals surface area contributed by atoms with Crippen LogP contribution in [0.4, 0.5) is 13.2 Å². The molecule has 1 amide bonds. The van der Waals surface area contributed by atoms with Gasteiger partial charge in [-0.1, -0.05) is 30.0 Å². The maximum atomic E-state index is 13.2. The van der Waals surface area contributed by atoms with Gasteiger partial charge in [0, 0.05) is 12.2 Å². The zero-order valence-electron chi connectivity index (χ0n) is 18.2. The molecule has 0 aliphatic heterocycles. The first kappa shape index (κ1) is 23.3. The van der Waals surface area contributed by atoms with E-state index < -0.39 is 24.7 Å². The van der Waals surface area contributed by atoms with Gasteiger partial charge in [-0.25, -0.2) is 14.5 Å². The minimum Gasteiger partial charge on any atom is -0.330 e. The third-order valence-electron chi connectivity index (χ3n) is 5.66. The number of aromatic nitrogens is 3. The molecular weight excluding hydrogens is 453 g/mol. The molecule has 4 rings (SSSR count). The molecule has 0 radical (unpaired) electrons. The van der Waals surface area contributed by atoms with Crippen LogP contribution >= 0.6 is 11.8 Å². The largest absolute Gasteiger partial charge is 0.406 e. The summed E-state index contributed by atoms with van der Waals surface area (Å²) in [6.07, 6.45) is -1.24. The van der Waals surface area contributed by atoms with Crippen molar-refractivity contribution in [1.82, 2.24) is 19.4 Å². The van der Waals surface area contributed by atoms with E-state index in [1.54, 1.807) is 49.5 Å². The van der Waals surface area contributed by atoms with Crippen LogP contribution in [0.15, 0.2) is 52.5 Å². The second kappa shape index (κ2) is 9.17. The Morgan fingerprint density at radius 1 is 1.24 bits per heavy atom. The number of thioether (sulfide) groups is 1. The fourth-order valence-electron chi connectivity index (χ4n) is 3.70. The van der Waals surface area contributed by atoms with E-state index in [1.807, 2.05) is 6.92 Å². The van der Waals surface area contributed by atoms with E-state index in [9.17, 15) is 22.8 Å². The summed E-state index contributed by atoms with van der Waals surface area (Å²) in [6.45, 7) is 2.23. The van der Waals surface area contributed by atoms with Crippen molar-refractivity contribution in [2.45, 2.75) is 44.1 Å². The van der Waals surface area contributed by atoms with Crippen molar-refractivity contribution in [3.63, 3.8) is 0 Å². The summed E-state index contributed by atoms with van der Waals surface area (Å²) >= 11 is 0.940. The molecule has 1 unspecified atom stereocenters. The molecular formula is C23H23F3N4O2S. The molecule has 33 heavy (non-hydrogen) atoms. The number of carbonyl (C=O) groups is 1. The van der Waals surface area contributed by atoms with Crippen molar-refractivity contribution < 1.29 is 18.0 Å². The van der Waals surface area contributed by atoms with Crippen LogP contribution in [0.1, 0.15) is 25.3 Å². The molecule has 1 aromatic carbocycles. The number of pyridine rings is 1. The summed E-state index contributed by atoms with van der Waals surface area (Å²) < 4.78 is 40.8. The van der Waals surface area contributed by atoms with Crippen molar-refractivity contribution in [2.75, 3.05) is 12.3 Å². The number of benzene rings is 1. The van der Waals surface area contributed by atoms with Crippen molar-refractivity contribution in [3.05, 3.63) is 58.5 Å². The molecule has 1 atom stereocenters. The molecule has 10 heteroatoms. The van der Waals surface area contributed by atoms with Gasteiger partial charge in [-0.05, 0) is 56.4 Å². The van der Waals surface area contributed by atoms with Crippen molar-refractivity contribution in [2.24, 2.45) is 5.92 Å². The summed E-state index contributed by atoms with van der Waals surface area (Å²) in [5.41, 5.74) is 0.992.